The molecule has 1 aliphatic rings. The molecule has 0 radical (unpaired) electrons. The number of hydrogen-bond donors (Lipinski definition) is 0. The van der Waals surface area contributed by atoms with Gasteiger partial charge in [0.05, 0.1) is 0 Å². The minimum absolute atomic E-state index is 0.202. The maximum Gasteiger partial charge on any atom is 0.200 e. The van der Waals surface area contributed by atoms with Crippen LogP contribution in [0.25, 0.3) is 10.8 Å². The van der Waals surface area contributed by atoms with Crippen molar-refractivity contribution in [2.75, 3.05) is 25.6 Å². The third-order valence-electron chi connectivity index (χ3n) is 5.13. The quantitative estimate of drug-likeness (QED) is 0.649. The number of hydrogen-bond acceptors (Lipinski definition) is 3. The van der Waals surface area contributed by atoms with E-state index in [1.807, 2.05) is 6.92 Å². The van der Waals surface area contributed by atoms with Gasteiger partial charge in [-0.15, -0.1) is 0 Å². The topological polar surface area (TPSA) is 21.7 Å². The Morgan fingerprint density at radius 3 is 2.50 bits per heavy atom. The number of ether oxygens (including phenoxy) is 2. The van der Waals surface area contributed by atoms with Crippen molar-refractivity contribution in [3.8, 4) is 5.75 Å². The first-order valence-electron chi connectivity index (χ1n) is 9.24. The SMILES string of the molecule is CCOC1CC(c2ccc(N(C)C)cc2)c2c(ccc3ccccc23)O1. The highest BCUT2D eigenvalue weighted by Gasteiger charge is 2.31. The summed E-state index contributed by atoms with van der Waals surface area (Å²) in [6, 6.07) is 21.6. The first kappa shape index (κ1) is 16.9. The lowest BCUT2D eigenvalue weighted by Gasteiger charge is -2.33. The molecule has 2 unspecified atom stereocenters. The lowest BCUT2D eigenvalue weighted by molar-refractivity contribution is -0.0891. The Labute approximate surface area is 155 Å². The summed E-state index contributed by atoms with van der Waals surface area (Å²) in [5.41, 5.74) is 3.79. The Balaban J connectivity index is 1.84. The van der Waals surface area contributed by atoms with Crippen LogP contribution >= 0.6 is 0 Å². The average molecular weight is 347 g/mol. The molecule has 3 aromatic carbocycles. The van der Waals surface area contributed by atoms with Crippen molar-refractivity contribution in [1.29, 1.82) is 0 Å². The molecular formula is C23H25NO2. The molecule has 0 saturated carbocycles. The Kier molecular flexibility index (Phi) is 4.56. The van der Waals surface area contributed by atoms with Gasteiger partial charge in [-0.1, -0.05) is 42.5 Å². The fraction of sp³-hybridized carbons (Fsp3) is 0.304. The second kappa shape index (κ2) is 7.00. The Morgan fingerprint density at radius 2 is 1.77 bits per heavy atom. The average Bonchev–Trinajstić information content (AvgIpc) is 2.67. The van der Waals surface area contributed by atoms with E-state index in [2.05, 4.69) is 79.7 Å². The van der Waals surface area contributed by atoms with Crippen molar-refractivity contribution in [3.63, 3.8) is 0 Å². The van der Waals surface area contributed by atoms with Crippen LogP contribution in [0.1, 0.15) is 30.4 Å². The van der Waals surface area contributed by atoms with Gasteiger partial charge >= 0.3 is 0 Å². The minimum Gasteiger partial charge on any atom is -0.465 e. The largest absolute Gasteiger partial charge is 0.465 e. The van der Waals surface area contributed by atoms with Crippen LogP contribution in [-0.2, 0) is 4.74 Å². The summed E-state index contributed by atoms with van der Waals surface area (Å²) in [6.45, 7) is 2.67. The summed E-state index contributed by atoms with van der Waals surface area (Å²) in [5, 5.41) is 2.52. The molecule has 134 valence electrons. The van der Waals surface area contributed by atoms with E-state index in [9.17, 15) is 0 Å². The van der Waals surface area contributed by atoms with Gasteiger partial charge in [-0.3, -0.25) is 0 Å². The highest BCUT2D eigenvalue weighted by molar-refractivity contribution is 5.89. The van der Waals surface area contributed by atoms with E-state index in [0.29, 0.717) is 6.61 Å². The van der Waals surface area contributed by atoms with Crippen molar-refractivity contribution in [3.05, 3.63) is 71.8 Å². The van der Waals surface area contributed by atoms with Gasteiger partial charge in [0.2, 0.25) is 6.29 Å². The molecular weight excluding hydrogens is 322 g/mol. The van der Waals surface area contributed by atoms with Crippen LogP contribution in [0, 0.1) is 0 Å². The summed E-state index contributed by atoms with van der Waals surface area (Å²) < 4.78 is 12.0. The normalized spacial score (nSPS) is 19.0. The lowest BCUT2D eigenvalue weighted by atomic mass is 9.83. The summed E-state index contributed by atoms with van der Waals surface area (Å²) in [5.74, 6) is 1.20. The van der Waals surface area contributed by atoms with Gasteiger partial charge in [0, 0.05) is 44.3 Å². The molecule has 4 rings (SSSR count). The molecule has 1 aliphatic heterocycles. The van der Waals surface area contributed by atoms with Crippen LogP contribution in [0.2, 0.25) is 0 Å². The van der Waals surface area contributed by atoms with E-state index >= 15 is 0 Å². The predicted octanol–water partition coefficient (Wildman–Crippen LogP) is 5.18. The van der Waals surface area contributed by atoms with Crippen LogP contribution < -0.4 is 9.64 Å². The molecule has 0 aliphatic carbocycles. The number of nitrogens with zero attached hydrogens (tertiary/aromatic N) is 1. The molecule has 0 aromatic heterocycles. The second-order valence-electron chi connectivity index (χ2n) is 6.98. The van der Waals surface area contributed by atoms with Crippen molar-refractivity contribution in [2.45, 2.75) is 25.6 Å². The van der Waals surface area contributed by atoms with Gasteiger partial charge in [-0.2, -0.15) is 0 Å². The molecule has 0 spiro atoms. The van der Waals surface area contributed by atoms with E-state index in [1.54, 1.807) is 0 Å². The van der Waals surface area contributed by atoms with E-state index in [1.165, 1.54) is 27.6 Å². The molecule has 0 fully saturated rings. The van der Waals surface area contributed by atoms with Gasteiger partial charge in [-0.25, -0.2) is 0 Å². The Hall–Kier alpha value is -2.52. The highest BCUT2D eigenvalue weighted by atomic mass is 16.7. The zero-order valence-electron chi connectivity index (χ0n) is 15.6. The second-order valence-corrected chi connectivity index (χ2v) is 6.98. The van der Waals surface area contributed by atoms with Crippen LogP contribution in [0.5, 0.6) is 5.75 Å². The molecule has 3 nitrogen and oxygen atoms in total. The van der Waals surface area contributed by atoms with E-state index in [-0.39, 0.29) is 12.2 Å². The maximum absolute atomic E-state index is 6.16. The molecule has 26 heavy (non-hydrogen) atoms. The van der Waals surface area contributed by atoms with Crippen molar-refractivity contribution in [2.24, 2.45) is 0 Å². The van der Waals surface area contributed by atoms with Crippen LogP contribution in [0.3, 0.4) is 0 Å². The maximum atomic E-state index is 6.16. The van der Waals surface area contributed by atoms with Gasteiger partial charge in [-0.05, 0) is 41.5 Å². The van der Waals surface area contributed by atoms with E-state index < -0.39 is 0 Å². The van der Waals surface area contributed by atoms with E-state index in [0.717, 1.165) is 12.2 Å². The molecule has 2 atom stereocenters. The van der Waals surface area contributed by atoms with Gasteiger partial charge < -0.3 is 14.4 Å². The number of anilines is 1. The number of rotatable bonds is 4. The summed E-state index contributed by atoms with van der Waals surface area (Å²) in [4.78, 5) is 2.13. The third kappa shape index (κ3) is 3.04. The first-order valence-corrected chi connectivity index (χ1v) is 9.24. The number of fused-ring (bicyclic) bond motifs is 3. The summed E-state index contributed by atoms with van der Waals surface area (Å²) in [6.07, 6.45) is 0.628. The van der Waals surface area contributed by atoms with Crippen LogP contribution in [0.4, 0.5) is 5.69 Å². The molecule has 0 bridgehead atoms. The van der Waals surface area contributed by atoms with Crippen LogP contribution in [-0.4, -0.2) is 27.0 Å². The number of benzene rings is 3. The molecule has 3 aromatic rings. The third-order valence-corrected chi connectivity index (χ3v) is 5.13. The predicted molar refractivity (Wildman–Crippen MR) is 107 cm³/mol. The molecule has 1 heterocycles. The Bertz CT molecular complexity index is 902. The molecule has 3 heteroatoms. The zero-order valence-corrected chi connectivity index (χ0v) is 15.6. The van der Waals surface area contributed by atoms with Crippen molar-refractivity contribution in [1.82, 2.24) is 0 Å². The fourth-order valence-electron chi connectivity index (χ4n) is 3.83. The fourth-order valence-corrected chi connectivity index (χ4v) is 3.83. The van der Waals surface area contributed by atoms with Crippen LogP contribution in [0.15, 0.2) is 60.7 Å². The van der Waals surface area contributed by atoms with Crippen molar-refractivity contribution < 1.29 is 9.47 Å². The molecule has 0 amide bonds. The first-order chi connectivity index (χ1) is 12.7. The van der Waals surface area contributed by atoms with Gasteiger partial charge in [0.1, 0.15) is 5.75 Å². The molecule has 0 saturated heterocycles. The zero-order chi connectivity index (χ0) is 18.1. The summed E-state index contributed by atoms with van der Waals surface area (Å²) >= 11 is 0. The lowest BCUT2D eigenvalue weighted by Crippen LogP contribution is -2.29. The van der Waals surface area contributed by atoms with E-state index in [4.69, 9.17) is 9.47 Å². The monoisotopic (exact) mass is 347 g/mol. The minimum atomic E-state index is -0.202. The van der Waals surface area contributed by atoms with Gasteiger partial charge in [0.15, 0.2) is 0 Å². The highest BCUT2D eigenvalue weighted by Crippen LogP contribution is 2.44. The smallest absolute Gasteiger partial charge is 0.200 e. The van der Waals surface area contributed by atoms with Crippen molar-refractivity contribution >= 4 is 16.5 Å². The molecule has 0 N–H and O–H groups in total. The summed E-state index contributed by atoms with van der Waals surface area (Å²) in [7, 11) is 4.13. The standard InChI is InChI=1S/C23H25NO2/c1-4-25-22-15-20(17-9-12-18(13-10-17)24(2)3)23-19-8-6-5-7-16(19)11-14-21(23)26-22/h5-14,20,22H,4,15H2,1-3H3. The Morgan fingerprint density at radius 1 is 1.00 bits per heavy atom. The van der Waals surface area contributed by atoms with Gasteiger partial charge in [0.25, 0.3) is 0 Å².